The molecule has 1 aromatic rings. The highest BCUT2D eigenvalue weighted by molar-refractivity contribution is 6.06. The van der Waals surface area contributed by atoms with Crippen molar-refractivity contribution in [3.05, 3.63) is 35.9 Å². The second kappa shape index (κ2) is 5.53. The second-order valence-corrected chi connectivity index (χ2v) is 5.26. The van der Waals surface area contributed by atoms with Crippen molar-refractivity contribution in [3.63, 3.8) is 0 Å². The molecule has 1 fully saturated rings. The van der Waals surface area contributed by atoms with Gasteiger partial charge in [0.15, 0.2) is 0 Å². The second-order valence-electron chi connectivity index (χ2n) is 5.26. The predicted octanol–water partition coefficient (Wildman–Crippen LogP) is 1.55. The maximum absolute atomic E-state index is 12.4. The predicted molar refractivity (Wildman–Crippen MR) is 71.4 cm³/mol. The zero-order valence-electron chi connectivity index (χ0n) is 11.2. The van der Waals surface area contributed by atoms with Gasteiger partial charge in [-0.1, -0.05) is 44.2 Å². The molecule has 1 aliphatic rings. The molecule has 4 heteroatoms. The molecule has 1 saturated heterocycles. The van der Waals surface area contributed by atoms with Gasteiger partial charge >= 0.3 is 0 Å². The quantitative estimate of drug-likeness (QED) is 0.837. The summed E-state index contributed by atoms with van der Waals surface area (Å²) < 4.78 is 0. The van der Waals surface area contributed by atoms with E-state index in [1.54, 1.807) is 0 Å². The Balaban J connectivity index is 2.26. The highest BCUT2D eigenvalue weighted by Crippen LogP contribution is 2.32. The van der Waals surface area contributed by atoms with Crippen LogP contribution in [0.25, 0.3) is 0 Å². The summed E-state index contributed by atoms with van der Waals surface area (Å²) in [5, 5.41) is 9.40. The van der Waals surface area contributed by atoms with E-state index in [2.05, 4.69) is 0 Å². The highest BCUT2D eigenvalue weighted by Gasteiger charge is 2.43. The van der Waals surface area contributed by atoms with E-state index < -0.39 is 12.0 Å². The summed E-state index contributed by atoms with van der Waals surface area (Å²) in [6.07, 6.45) is 0.200. The molecule has 4 nitrogen and oxygen atoms in total. The lowest BCUT2D eigenvalue weighted by Crippen LogP contribution is -2.45. The number of likely N-dealkylation sites (tertiary alicyclic amines) is 1. The standard InChI is InChI=1S/C15H19NO3/c1-10(2)13(9-17)16-14(18)8-12(15(16)19)11-6-4-3-5-7-11/h3-7,10,12-13,17H,8-9H2,1-2H3. The minimum atomic E-state index is -0.422. The summed E-state index contributed by atoms with van der Waals surface area (Å²) >= 11 is 0. The fraction of sp³-hybridized carbons (Fsp3) is 0.467. The molecule has 0 spiro atoms. The molecule has 2 unspecified atom stereocenters. The number of imide groups is 1. The Bertz CT molecular complexity index is 470. The molecule has 1 aromatic carbocycles. The number of hydrogen-bond donors (Lipinski definition) is 1. The molecule has 102 valence electrons. The van der Waals surface area contributed by atoms with Gasteiger partial charge in [0.25, 0.3) is 0 Å². The van der Waals surface area contributed by atoms with E-state index in [0.29, 0.717) is 0 Å². The molecule has 2 atom stereocenters. The van der Waals surface area contributed by atoms with Gasteiger partial charge in [0.05, 0.1) is 18.6 Å². The van der Waals surface area contributed by atoms with Gasteiger partial charge in [0.2, 0.25) is 11.8 Å². The fourth-order valence-corrected chi connectivity index (χ4v) is 2.54. The maximum atomic E-state index is 12.4. The third-order valence-electron chi connectivity index (χ3n) is 3.67. The summed E-state index contributed by atoms with van der Waals surface area (Å²) in [6, 6.07) is 8.91. The van der Waals surface area contributed by atoms with E-state index in [1.807, 2.05) is 44.2 Å². The molecule has 19 heavy (non-hydrogen) atoms. The molecule has 0 bridgehead atoms. The van der Waals surface area contributed by atoms with E-state index in [0.717, 1.165) is 5.56 Å². The van der Waals surface area contributed by atoms with Crippen molar-refractivity contribution in [3.8, 4) is 0 Å². The van der Waals surface area contributed by atoms with Gasteiger partial charge in [-0.3, -0.25) is 14.5 Å². The minimum Gasteiger partial charge on any atom is -0.394 e. The van der Waals surface area contributed by atoms with Crippen LogP contribution in [-0.2, 0) is 9.59 Å². The molecule has 1 aliphatic heterocycles. The van der Waals surface area contributed by atoms with Gasteiger partial charge < -0.3 is 5.11 Å². The van der Waals surface area contributed by atoms with E-state index >= 15 is 0 Å². The molecule has 0 radical (unpaired) electrons. The van der Waals surface area contributed by atoms with Crippen molar-refractivity contribution in [2.24, 2.45) is 5.92 Å². The number of aliphatic hydroxyl groups excluding tert-OH is 1. The number of carbonyl (C=O) groups excluding carboxylic acids is 2. The molecular weight excluding hydrogens is 242 g/mol. The van der Waals surface area contributed by atoms with Crippen LogP contribution in [0.4, 0.5) is 0 Å². The summed E-state index contributed by atoms with van der Waals surface area (Å²) in [5.41, 5.74) is 0.865. The van der Waals surface area contributed by atoms with Crippen LogP contribution in [0.5, 0.6) is 0 Å². The Morgan fingerprint density at radius 3 is 2.42 bits per heavy atom. The summed E-state index contributed by atoms with van der Waals surface area (Å²) in [7, 11) is 0. The topological polar surface area (TPSA) is 57.6 Å². The van der Waals surface area contributed by atoms with Crippen LogP contribution < -0.4 is 0 Å². The van der Waals surface area contributed by atoms with Gasteiger partial charge in [0.1, 0.15) is 0 Å². The largest absolute Gasteiger partial charge is 0.394 e. The Morgan fingerprint density at radius 2 is 1.89 bits per heavy atom. The van der Waals surface area contributed by atoms with Crippen molar-refractivity contribution < 1.29 is 14.7 Å². The van der Waals surface area contributed by atoms with Crippen molar-refractivity contribution in [2.75, 3.05) is 6.61 Å². The van der Waals surface area contributed by atoms with Crippen LogP contribution in [0, 0.1) is 5.92 Å². The van der Waals surface area contributed by atoms with Crippen molar-refractivity contribution >= 4 is 11.8 Å². The minimum absolute atomic E-state index is 0.0485. The van der Waals surface area contributed by atoms with E-state index in [9.17, 15) is 14.7 Å². The number of carbonyl (C=O) groups is 2. The number of amides is 2. The summed E-state index contributed by atoms with van der Waals surface area (Å²) in [6.45, 7) is 3.62. The maximum Gasteiger partial charge on any atom is 0.237 e. The lowest BCUT2D eigenvalue weighted by Gasteiger charge is -2.28. The van der Waals surface area contributed by atoms with Crippen molar-refractivity contribution in [1.82, 2.24) is 4.90 Å². The Labute approximate surface area is 113 Å². The van der Waals surface area contributed by atoms with Gasteiger partial charge in [-0.15, -0.1) is 0 Å². The number of hydrogen-bond acceptors (Lipinski definition) is 3. The third-order valence-corrected chi connectivity index (χ3v) is 3.67. The Morgan fingerprint density at radius 1 is 1.26 bits per heavy atom. The molecule has 0 saturated carbocycles. The van der Waals surface area contributed by atoms with Crippen molar-refractivity contribution in [2.45, 2.75) is 32.2 Å². The number of benzene rings is 1. The summed E-state index contributed by atoms with van der Waals surface area (Å²) in [4.78, 5) is 25.7. The van der Waals surface area contributed by atoms with E-state index in [-0.39, 0.29) is 30.8 Å². The van der Waals surface area contributed by atoms with Gasteiger partial charge in [-0.05, 0) is 11.5 Å². The first kappa shape index (κ1) is 13.7. The van der Waals surface area contributed by atoms with Gasteiger partial charge in [-0.2, -0.15) is 0 Å². The van der Waals surface area contributed by atoms with Crippen LogP contribution >= 0.6 is 0 Å². The van der Waals surface area contributed by atoms with Gasteiger partial charge in [0, 0.05) is 6.42 Å². The van der Waals surface area contributed by atoms with E-state index in [4.69, 9.17) is 0 Å². The molecule has 2 rings (SSSR count). The summed E-state index contributed by atoms with van der Waals surface area (Å²) in [5.74, 6) is -0.732. The Kier molecular flexibility index (Phi) is 4.00. The van der Waals surface area contributed by atoms with Crippen LogP contribution in [-0.4, -0.2) is 34.5 Å². The monoisotopic (exact) mass is 261 g/mol. The van der Waals surface area contributed by atoms with Gasteiger partial charge in [-0.25, -0.2) is 0 Å². The molecule has 0 aliphatic carbocycles. The molecule has 0 aromatic heterocycles. The lowest BCUT2D eigenvalue weighted by atomic mass is 9.97. The Hall–Kier alpha value is -1.68. The van der Waals surface area contributed by atoms with Crippen LogP contribution in [0.2, 0.25) is 0 Å². The third kappa shape index (κ3) is 2.54. The molecule has 1 N–H and O–H groups in total. The van der Waals surface area contributed by atoms with Crippen LogP contribution in [0.15, 0.2) is 30.3 Å². The first-order chi connectivity index (χ1) is 9.06. The molecule has 1 heterocycles. The lowest BCUT2D eigenvalue weighted by molar-refractivity contribution is -0.143. The van der Waals surface area contributed by atoms with Crippen LogP contribution in [0.1, 0.15) is 31.7 Å². The van der Waals surface area contributed by atoms with E-state index in [1.165, 1.54) is 4.90 Å². The smallest absolute Gasteiger partial charge is 0.237 e. The average molecular weight is 261 g/mol. The first-order valence-electron chi connectivity index (χ1n) is 6.58. The highest BCUT2D eigenvalue weighted by atomic mass is 16.3. The normalized spacial score (nSPS) is 21.3. The number of aliphatic hydroxyl groups is 1. The SMILES string of the molecule is CC(C)C(CO)N1C(=O)CC(c2ccccc2)C1=O. The zero-order valence-corrected chi connectivity index (χ0v) is 11.2. The number of rotatable bonds is 4. The average Bonchev–Trinajstić information content (AvgIpc) is 2.68. The number of nitrogens with zero attached hydrogens (tertiary/aromatic N) is 1. The first-order valence-corrected chi connectivity index (χ1v) is 6.58. The van der Waals surface area contributed by atoms with Crippen molar-refractivity contribution in [1.29, 1.82) is 0 Å². The zero-order chi connectivity index (χ0) is 14.0. The molecular formula is C15H19NO3. The fourth-order valence-electron chi connectivity index (χ4n) is 2.54. The molecule has 2 amide bonds. The van der Waals surface area contributed by atoms with Crippen LogP contribution in [0.3, 0.4) is 0 Å².